The van der Waals surface area contributed by atoms with Crippen molar-refractivity contribution in [1.82, 2.24) is 4.90 Å². The predicted octanol–water partition coefficient (Wildman–Crippen LogP) is 1.39. The standard InChI is InChI=1S/C20H16N2O9S/c1-30-8-2-3-9-11(6-8)18(25)22(17(9)24)7-12-14-10(4-5-31-12)13(19(26)27)16(32-14)21-15(23)20(28)29/h2-3,6,12H,4-5,7H2,1H3,(H,21,23)(H,26,27)(H,28,29). The summed E-state index contributed by atoms with van der Waals surface area (Å²) in [7, 11) is 1.44. The molecule has 3 amide bonds. The van der Waals surface area contributed by atoms with Gasteiger partial charge in [0.2, 0.25) is 0 Å². The average molecular weight is 460 g/mol. The number of aromatic carboxylic acids is 1. The number of methoxy groups -OCH3 is 1. The van der Waals surface area contributed by atoms with E-state index in [1.807, 2.05) is 0 Å². The Bertz CT molecular complexity index is 1190. The molecule has 4 rings (SSSR count). The molecule has 0 saturated carbocycles. The van der Waals surface area contributed by atoms with Gasteiger partial charge in [-0.2, -0.15) is 0 Å². The number of benzene rings is 1. The summed E-state index contributed by atoms with van der Waals surface area (Å²) in [5.74, 6) is -5.10. The smallest absolute Gasteiger partial charge is 0.394 e. The Kier molecular flexibility index (Phi) is 5.40. The molecule has 12 heteroatoms. The summed E-state index contributed by atoms with van der Waals surface area (Å²) in [6, 6.07) is 4.53. The number of ether oxygens (including phenoxy) is 2. The highest BCUT2D eigenvalue weighted by atomic mass is 32.1. The second-order valence-corrected chi connectivity index (χ2v) is 8.01. The van der Waals surface area contributed by atoms with Crippen LogP contribution < -0.4 is 10.1 Å². The van der Waals surface area contributed by atoms with E-state index in [0.29, 0.717) is 16.2 Å². The maximum atomic E-state index is 12.8. The van der Waals surface area contributed by atoms with E-state index in [4.69, 9.17) is 14.6 Å². The third kappa shape index (κ3) is 3.48. The summed E-state index contributed by atoms with van der Waals surface area (Å²) in [6.45, 7) is -0.0501. The van der Waals surface area contributed by atoms with Crippen LogP contribution in [-0.4, -0.2) is 65.0 Å². The lowest BCUT2D eigenvalue weighted by atomic mass is 10.0. The number of carbonyl (C=O) groups excluding carboxylic acids is 3. The van der Waals surface area contributed by atoms with Gasteiger partial charge in [0.25, 0.3) is 11.8 Å². The Labute approximate surface area is 184 Å². The monoisotopic (exact) mass is 460 g/mol. The first kappa shape index (κ1) is 21.5. The van der Waals surface area contributed by atoms with Crippen LogP contribution >= 0.6 is 11.3 Å². The molecule has 11 nitrogen and oxygen atoms in total. The van der Waals surface area contributed by atoms with Gasteiger partial charge in [-0.15, -0.1) is 11.3 Å². The second kappa shape index (κ2) is 8.05. The molecule has 3 heterocycles. The molecule has 0 bridgehead atoms. The zero-order valence-electron chi connectivity index (χ0n) is 16.5. The summed E-state index contributed by atoms with van der Waals surface area (Å²) < 4.78 is 10.8. The van der Waals surface area contributed by atoms with Crippen LogP contribution in [0.2, 0.25) is 0 Å². The Morgan fingerprint density at radius 1 is 1.22 bits per heavy atom. The van der Waals surface area contributed by atoms with Crippen molar-refractivity contribution < 1.29 is 43.7 Å². The fourth-order valence-electron chi connectivity index (χ4n) is 3.70. The quantitative estimate of drug-likeness (QED) is 0.442. The molecule has 2 aliphatic rings. The highest BCUT2D eigenvalue weighted by molar-refractivity contribution is 7.17. The number of fused-ring (bicyclic) bond motifs is 2. The van der Waals surface area contributed by atoms with Crippen LogP contribution in [0.3, 0.4) is 0 Å². The van der Waals surface area contributed by atoms with Gasteiger partial charge in [-0.05, 0) is 30.2 Å². The Balaban J connectivity index is 1.66. The number of anilines is 1. The highest BCUT2D eigenvalue weighted by Crippen LogP contribution is 2.42. The normalized spacial score (nSPS) is 17.0. The number of rotatable bonds is 5. The maximum Gasteiger partial charge on any atom is 0.394 e. The largest absolute Gasteiger partial charge is 0.497 e. The number of amides is 3. The number of imide groups is 1. The van der Waals surface area contributed by atoms with E-state index in [1.54, 1.807) is 6.07 Å². The lowest BCUT2D eigenvalue weighted by Gasteiger charge is -2.26. The molecule has 1 aromatic heterocycles. The van der Waals surface area contributed by atoms with Gasteiger partial charge in [0.1, 0.15) is 16.9 Å². The topological polar surface area (TPSA) is 160 Å². The van der Waals surface area contributed by atoms with E-state index in [9.17, 15) is 29.1 Å². The van der Waals surface area contributed by atoms with E-state index in [2.05, 4.69) is 5.32 Å². The van der Waals surface area contributed by atoms with E-state index in [1.165, 1.54) is 19.2 Å². The average Bonchev–Trinajstić information content (AvgIpc) is 3.24. The Hall–Kier alpha value is -3.77. The Morgan fingerprint density at radius 3 is 2.59 bits per heavy atom. The minimum absolute atomic E-state index is 0.123. The second-order valence-electron chi connectivity index (χ2n) is 6.96. The highest BCUT2D eigenvalue weighted by Gasteiger charge is 2.40. The number of thiophene rings is 1. The molecular formula is C20H16N2O9S. The molecule has 0 saturated heterocycles. The van der Waals surface area contributed by atoms with E-state index >= 15 is 0 Å². The van der Waals surface area contributed by atoms with Crippen molar-refractivity contribution in [2.24, 2.45) is 0 Å². The number of carbonyl (C=O) groups is 5. The van der Waals surface area contributed by atoms with Crippen LogP contribution in [0.15, 0.2) is 18.2 Å². The number of hydrogen-bond donors (Lipinski definition) is 3. The van der Waals surface area contributed by atoms with Crippen LogP contribution in [0, 0.1) is 0 Å². The van der Waals surface area contributed by atoms with Crippen molar-refractivity contribution >= 4 is 46.0 Å². The molecule has 1 atom stereocenters. The molecule has 0 fully saturated rings. The summed E-state index contributed by atoms with van der Waals surface area (Å²) >= 11 is 0.850. The molecule has 0 spiro atoms. The van der Waals surface area contributed by atoms with Gasteiger partial charge in [0, 0.05) is 4.88 Å². The maximum absolute atomic E-state index is 12.8. The number of aliphatic carboxylic acids is 1. The molecule has 2 aliphatic heterocycles. The fourth-order valence-corrected chi connectivity index (χ4v) is 4.98. The molecule has 2 aromatic rings. The van der Waals surface area contributed by atoms with Crippen molar-refractivity contribution in [2.45, 2.75) is 12.5 Å². The van der Waals surface area contributed by atoms with Crippen molar-refractivity contribution in [3.05, 3.63) is 45.3 Å². The molecule has 1 unspecified atom stereocenters. The summed E-state index contributed by atoms with van der Waals surface area (Å²) in [5, 5.41) is 20.4. The summed E-state index contributed by atoms with van der Waals surface area (Å²) in [4.78, 5) is 61.3. The number of hydrogen-bond acceptors (Lipinski definition) is 8. The van der Waals surface area contributed by atoms with E-state index in [0.717, 1.165) is 16.2 Å². The van der Waals surface area contributed by atoms with E-state index in [-0.39, 0.29) is 41.3 Å². The van der Waals surface area contributed by atoms with Crippen molar-refractivity contribution in [3.63, 3.8) is 0 Å². The molecule has 32 heavy (non-hydrogen) atoms. The van der Waals surface area contributed by atoms with Gasteiger partial charge in [-0.3, -0.25) is 19.3 Å². The van der Waals surface area contributed by atoms with Crippen LogP contribution in [0.4, 0.5) is 5.00 Å². The van der Waals surface area contributed by atoms with Crippen LogP contribution in [0.1, 0.15) is 47.6 Å². The first-order valence-corrected chi connectivity index (χ1v) is 10.1. The summed E-state index contributed by atoms with van der Waals surface area (Å²) in [5.41, 5.74) is 0.563. The third-order valence-corrected chi connectivity index (χ3v) is 6.40. The number of nitrogens with zero attached hydrogens (tertiary/aromatic N) is 1. The minimum Gasteiger partial charge on any atom is -0.497 e. The first-order chi connectivity index (χ1) is 15.2. The van der Waals surface area contributed by atoms with Crippen LogP contribution in [0.25, 0.3) is 0 Å². The molecule has 3 N–H and O–H groups in total. The zero-order chi connectivity index (χ0) is 23.2. The van der Waals surface area contributed by atoms with Gasteiger partial charge in [-0.25, -0.2) is 9.59 Å². The number of carboxylic acid groups (broad SMARTS) is 2. The lowest BCUT2D eigenvalue weighted by Crippen LogP contribution is -2.36. The van der Waals surface area contributed by atoms with Gasteiger partial charge in [-0.1, -0.05) is 0 Å². The Morgan fingerprint density at radius 2 is 1.94 bits per heavy atom. The van der Waals surface area contributed by atoms with Crippen molar-refractivity contribution in [3.8, 4) is 5.75 Å². The summed E-state index contributed by atoms with van der Waals surface area (Å²) in [6.07, 6.45) is -0.617. The third-order valence-electron chi connectivity index (χ3n) is 5.16. The van der Waals surface area contributed by atoms with Gasteiger partial charge < -0.3 is 25.0 Å². The molecule has 1 aromatic carbocycles. The van der Waals surface area contributed by atoms with Gasteiger partial charge in [0.05, 0.1) is 37.0 Å². The molecule has 0 radical (unpaired) electrons. The molecule has 166 valence electrons. The van der Waals surface area contributed by atoms with Gasteiger partial charge >= 0.3 is 17.8 Å². The van der Waals surface area contributed by atoms with E-state index < -0.39 is 35.8 Å². The SMILES string of the molecule is COc1ccc2c(c1)C(=O)N(CC1OCCc3c1sc(NC(=O)C(=O)O)c3C(=O)O)C2=O. The predicted molar refractivity (Wildman–Crippen MR) is 108 cm³/mol. The van der Waals surface area contributed by atoms with Crippen molar-refractivity contribution in [1.29, 1.82) is 0 Å². The fraction of sp³-hybridized carbons (Fsp3) is 0.250. The zero-order valence-corrected chi connectivity index (χ0v) is 17.4. The number of nitrogens with one attached hydrogen (secondary N) is 1. The van der Waals surface area contributed by atoms with Crippen molar-refractivity contribution in [2.75, 3.05) is 25.6 Å². The van der Waals surface area contributed by atoms with Gasteiger partial charge in [0.15, 0.2) is 0 Å². The minimum atomic E-state index is -1.76. The van der Waals surface area contributed by atoms with Crippen LogP contribution in [-0.2, 0) is 20.7 Å². The van der Waals surface area contributed by atoms with Crippen LogP contribution in [0.5, 0.6) is 5.75 Å². The first-order valence-electron chi connectivity index (χ1n) is 9.31. The number of carboxylic acids is 2. The molecular weight excluding hydrogens is 444 g/mol. The lowest BCUT2D eigenvalue weighted by molar-refractivity contribution is -0.147. The molecule has 0 aliphatic carbocycles.